The van der Waals surface area contributed by atoms with Gasteiger partial charge in [-0.3, -0.25) is 4.99 Å². The fourth-order valence-electron chi connectivity index (χ4n) is 2.03. The van der Waals surface area contributed by atoms with Gasteiger partial charge in [0.05, 0.1) is 17.8 Å². The number of aryl methyl sites for hydroxylation is 1. The van der Waals surface area contributed by atoms with Gasteiger partial charge in [-0.05, 0) is 24.6 Å². The van der Waals surface area contributed by atoms with Crippen LogP contribution in [-0.4, -0.2) is 12.0 Å². The smallest absolute Gasteiger partial charge is 0.336 e. The van der Waals surface area contributed by atoms with Gasteiger partial charge >= 0.3 is 12.4 Å². The van der Waals surface area contributed by atoms with E-state index in [0.717, 1.165) is 17.7 Å². The highest BCUT2D eigenvalue weighted by Crippen LogP contribution is 2.35. The zero-order valence-corrected chi connectivity index (χ0v) is 13.0. The van der Waals surface area contributed by atoms with Crippen LogP contribution in [0.25, 0.3) is 0 Å². The van der Waals surface area contributed by atoms with Crippen molar-refractivity contribution in [2.45, 2.75) is 25.8 Å². The van der Waals surface area contributed by atoms with E-state index < -0.39 is 29.4 Å². The molecule has 0 aliphatic carbocycles. The lowest BCUT2D eigenvalue weighted by molar-refractivity contribution is -0.137. The van der Waals surface area contributed by atoms with Crippen molar-refractivity contribution in [3.05, 3.63) is 65.2 Å². The van der Waals surface area contributed by atoms with Gasteiger partial charge in [0.25, 0.3) is 0 Å². The predicted octanol–water partition coefficient (Wildman–Crippen LogP) is 5.59. The van der Waals surface area contributed by atoms with Crippen molar-refractivity contribution >= 4 is 11.5 Å². The minimum atomic E-state index is -4.91. The van der Waals surface area contributed by atoms with Gasteiger partial charge in [-0.1, -0.05) is 42.0 Å². The number of halogens is 6. The highest BCUT2D eigenvalue weighted by molar-refractivity contribution is 6.00. The standard InChI is InChI=1S/C17H14F6N2/c1-11-6-8-12(9-7-11)10-24-15(17(21,22)23)25-14-5-3-2-4-13(14)16(18,19)20/h2-9H,10H2,1H3,(H,24,25). The summed E-state index contributed by atoms with van der Waals surface area (Å²) >= 11 is 0. The van der Waals surface area contributed by atoms with Crippen LogP contribution in [0, 0.1) is 6.92 Å². The van der Waals surface area contributed by atoms with Crippen molar-refractivity contribution < 1.29 is 26.3 Å². The monoisotopic (exact) mass is 360 g/mol. The second-order valence-corrected chi connectivity index (χ2v) is 5.32. The summed E-state index contributed by atoms with van der Waals surface area (Å²) in [6.45, 7) is 1.51. The molecule has 2 aromatic rings. The largest absolute Gasteiger partial charge is 0.449 e. The summed E-state index contributed by atoms with van der Waals surface area (Å²) in [4.78, 5) is 3.43. The summed E-state index contributed by atoms with van der Waals surface area (Å²) in [7, 11) is 0. The van der Waals surface area contributed by atoms with Gasteiger partial charge in [0, 0.05) is 0 Å². The first-order chi connectivity index (χ1) is 11.6. The quantitative estimate of drug-likeness (QED) is 0.431. The number of amidine groups is 1. The van der Waals surface area contributed by atoms with Crippen LogP contribution in [0.4, 0.5) is 32.0 Å². The summed E-state index contributed by atoms with van der Waals surface area (Å²) in [6.07, 6.45) is -9.69. The lowest BCUT2D eigenvalue weighted by Gasteiger charge is -2.17. The molecule has 0 aliphatic rings. The molecule has 1 N–H and O–H groups in total. The molecule has 0 saturated carbocycles. The Hall–Kier alpha value is -2.51. The molecule has 0 fully saturated rings. The fraction of sp³-hybridized carbons (Fsp3) is 0.235. The molecule has 0 aromatic heterocycles. The molecule has 0 bridgehead atoms. The lowest BCUT2D eigenvalue weighted by atomic mass is 10.1. The van der Waals surface area contributed by atoms with Crippen LogP contribution in [0.2, 0.25) is 0 Å². The third kappa shape index (κ3) is 5.23. The van der Waals surface area contributed by atoms with Crippen LogP contribution >= 0.6 is 0 Å². The van der Waals surface area contributed by atoms with E-state index in [2.05, 4.69) is 4.99 Å². The number of nitrogens with zero attached hydrogens (tertiary/aromatic N) is 1. The van der Waals surface area contributed by atoms with Crippen molar-refractivity contribution in [3.8, 4) is 0 Å². The lowest BCUT2D eigenvalue weighted by Crippen LogP contribution is -2.31. The molecular weight excluding hydrogens is 346 g/mol. The highest BCUT2D eigenvalue weighted by Gasteiger charge is 2.39. The predicted molar refractivity (Wildman–Crippen MR) is 83.4 cm³/mol. The maximum atomic E-state index is 13.1. The molecular formula is C17H14F6N2. The van der Waals surface area contributed by atoms with Gasteiger partial charge in [-0.2, -0.15) is 26.3 Å². The second-order valence-electron chi connectivity index (χ2n) is 5.32. The SMILES string of the molecule is Cc1ccc(CN=C(Nc2ccccc2C(F)(F)F)C(F)(F)F)cc1. The molecule has 0 heterocycles. The number of benzene rings is 2. The molecule has 0 aliphatic heterocycles. The third-order valence-corrected chi connectivity index (χ3v) is 3.29. The van der Waals surface area contributed by atoms with Crippen LogP contribution in [0.3, 0.4) is 0 Å². The number of rotatable bonds is 3. The Balaban J connectivity index is 2.31. The van der Waals surface area contributed by atoms with Crippen molar-refractivity contribution in [1.82, 2.24) is 0 Å². The molecule has 0 unspecified atom stereocenters. The summed E-state index contributed by atoms with van der Waals surface area (Å²) in [6, 6.07) is 10.6. The van der Waals surface area contributed by atoms with E-state index in [1.807, 2.05) is 6.92 Å². The first kappa shape index (κ1) is 18.8. The Labute approximate surface area is 140 Å². The van der Waals surface area contributed by atoms with E-state index in [1.165, 1.54) is 6.07 Å². The Kier molecular flexibility index (Phi) is 5.39. The fourth-order valence-corrected chi connectivity index (χ4v) is 2.03. The minimum Gasteiger partial charge on any atom is -0.336 e. The molecule has 0 radical (unpaired) electrons. The number of alkyl halides is 6. The van der Waals surface area contributed by atoms with Crippen LogP contribution in [0.15, 0.2) is 53.5 Å². The normalized spacial score (nSPS) is 13.0. The number of anilines is 1. The molecule has 2 rings (SSSR count). The minimum absolute atomic E-state index is 0.309. The highest BCUT2D eigenvalue weighted by atomic mass is 19.4. The van der Waals surface area contributed by atoms with Crippen LogP contribution in [-0.2, 0) is 12.7 Å². The van der Waals surface area contributed by atoms with E-state index in [1.54, 1.807) is 29.6 Å². The van der Waals surface area contributed by atoms with Crippen molar-refractivity contribution in [1.29, 1.82) is 0 Å². The Morgan fingerprint density at radius 3 is 2.08 bits per heavy atom. The van der Waals surface area contributed by atoms with Gasteiger partial charge in [-0.15, -0.1) is 0 Å². The van der Waals surface area contributed by atoms with E-state index in [9.17, 15) is 26.3 Å². The first-order valence-corrected chi connectivity index (χ1v) is 7.18. The molecule has 2 nitrogen and oxygen atoms in total. The zero-order chi connectivity index (χ0) is 18.7. The molecule has 0 amide bonds. The average molecular weight is 360 g/mol. The van der Waals surface area contributed by atoms with E-state index in [4.69, 9.17) is 0 Å². The van der Waals surface area contributed by atoms with Crippen molar-refractivity contribution in [2.75, 3.05) is 5.32 Å². The molecule has 0 spiro atoms. The van der Waals surface area contributed by atoms with Crippen LogP contribution < -0.4 is 5.32 Å². The topological polar surface area (TPSA) is 24.4 Å². The number of hydrogen-bond acceptors (Lipinski definition) is 1. The molecule has 25 heavy (non-hydrogen) atoms. The summed E-state index contributed by atoms with van der Waals surface area (Å²) in [5.41, 5.74) is -0.448. The summed E-state index contributed by atoms with van der Waals surface area (Å²) in [5, 5.41) is 1.78. The summed E-state index contributed by atoms with van der Waals surface area (Å²) in [5.74, 6) is -1.48. The van der Waals surface area contributed by atoms with Gasteiger partial charge in [0.15, 0.2) is 0 Å². The number of para-hydroxylation sites is 1. The van der Waals surface area contributed by atoms with Gasteiger partial charge in [0.2, 0.25) is 5.84 Å². The van der Waals surface area contributed by atoms with Crippen LogP contribution in [0.1, 0.15) is 16.7 Å². The van der Waals surface area contributed by atoms with E-state index >= 15 is 0 Å². The first-order valence-electron chi connectivity index (χ1n) is 7.18. The molecule has 2 aromatic carbocycles. The maximum Gasteiger partial charge on any atom is 0.449 e. The van der Waals surface area contributed by atoms with Gasteiger partial charge < -0.3 is 5.32 Å². The Morgan fingerprint density at radius 2 is 1.52 bits per heavy atom. The number of hydrogen-bond donors (Lipinski definition) is 1. The van der Waals surface area contributed by atoms with Crippen molar-refractivity contribution in [3.63, 3.8) is 0 Å². The maximum absolute atomic E-state index is 13.1. The average Bonchev–Trinajstić information content (AvgIpc) is 2.51. The van der Waals surface area contributed by atoms with Crippen LogP contribution in [0.5, 0.6) is 0 Å². The number of nitrogens with one attached hydrogen (secondary N) is 1. The van der Waals surface area contributed by atoms with Gasteiger partial charge in [0.1, 0.15) is 0 Å². The Bertz CT molecular complexity index is 745. The third-order valence-electron chi connectivity index (χ3n) is 3.29. The molecule has 0 saturated heterocycles. The summed E-state index contributed by atoms with van der Waals surface area (Å²) < 4.78 is 78.1. The Morgan fingerprint density at radius 1 is 0.920 bits per heavy atom. The van der Waals surface area contributed by atoms with E-state index in [-0.39, 0.29) is 6.54 Å². The van der Waals surface area contributed by atoms with E-state index in [0.29, 0.717) is 11.6 Å². The molecule has 134 valence electrons. The molecule has 8 heteroatoms. The second kappa shape index (κ2) is 7.16. The van der Waals surface area contributed by atoms with Gasteiger partial charge in [-0.25, -0.2) is 0 Å². The number of aliphatic imine (C=N–C) groups is 1. The molecule has 0 atom stereocenters. The van der Waals surface area contributed by atoms with Crippen molar-refractivity contribution in [2.24, 2.45) is 4.99 Å². The zero-order valence-electron chi connectivity index (χ0n) is 13.0.